The average Bonchev–Trinajstić information content (AvgIpc) is 2.26. The number of aromatic nitrogens is 2. The molecule has 1 heterocycles. The lowest BCUT2D eigenvalue weighted by molar-refractivity contribution is 0.0688. The van der Waals surface area contributed by atoms with Crippen LogP contribution in [0, 0.1) is 20.8 Å². The molecule has 0 spiro atoms. The zero-order chi connectivity index (χ0) is 14.2. The highest BCUT2D eigenvalue weighted by molar-refractivity contribution is 5.68. The predicted molar refractivity (Wildman–Crippen MR) is 76.9 cm³/mol. The monoisotopic (exact) mass is 256 g/mol. The second kappa shape index (κ2) is 4.74. The Hall–Kier alpha value is -1.74. The fourth-order valence-electron chi connectivity index (χ4n) is 2.38. The van der Waals surface area contributed by atoms with Gasteiger partial charge < -0.3 is 5.11 Å². The van der Waals surface area contributed by atoms with Crippen LogP contribution in [-0.4, -0.2) is 15.1 Å². The van der Waals surface area contributed by atoms with E-state index in [1.807, 2.05) is 6.07 Å². The molecule has 3 heteroatoms. The molecule has 0 aliphatic rings. The van der Waals surface area contributed by atoms with Gasteiger partial charge in [-0.2, -0.15) is 0 Å². The van der Waals surface area contributed by atoms with Crippen molar-refractivity contribution in [2.24, 2.45) is 0 Å². The molecule has 0 aliphatic heterocycles. The number of hydrogen-bond donors (Lipinski definition) is 1. The van der Waals surface area contributed by atoms with Crippen LogP contribution in [0.15, 0.2) is 24.4 Å². The van der Waals surface area contributed by atoms with Crippen LogP contribution in [0.4, 0.5) is 0 Å². The highest BCUT2D eigenvalue weighted by Crippen LogP contribution is 2.28. The van der Waals surface area contributed by atoms with Crippen molar-refractivity contribution in [1.29, 1.82) is 0 Å². The molecule has 0 radical (unpaired) electrons. The van der Waals surface area contributed by atoms with Gasteiger partial charge in [0.15, 0.2) is 5.82 Å². The van der Waals surface area contributed by atoms with Crippen molar-refractivity contribution in [3.05, 3.63) is 46.9 Å². The molecule has 0 unspecified atom stereocenters. The fraction of sp³-hybridized carbons (Fsp3) is 0.375. The third-order valence-electron chi connectivity index (χ3n) is 3.14. The molecule has 1 N–H and O–H groups in total. The Balaban J connectivity index is 2.60. The Morgan fingerprint density at radius 3 is 2.16 bits per heavy atom. The first-order valence-corrected chi connectivity index (χ1v) is 6.43. The minimum absolute atomic E-state index is 0.448. The topological polar surface area (TPSA) is 46.0 Å². The van der Waals surface area contributed by atoms with Gasteiger partial charge in [0.25, 0.3) is 0 Å². The maximum absolute atomic E-state index is 10.0. The molecule has 1 aromatic carbocycles. The van der Waals surface area contributed by atoms with Crippen LogP contribution in [0.25, 0.3) is 11.3 Å². The second-order valence-corrected chi connectivity index (χ2v) is 5.60. The van der Waals surface area contributed by atoms with Crippen LogP contribution in [0.2, 0.25) is 0 Å². The van der Waals surface area contributed by atoms with Gasteiger partial charge in [-0.3, -0.25) is 0 Å². The molecule has 0 aliphatic carbocycles. The van der Waals surface area contributed by atoms with Crippen molar-refractivity contribution < 1.29 is 5.11 Å². The molecule has 0 atom stereocenters. The largest absolute Gasteiger partial charge is 0.382 e. The molecule has 2 rings (SSSR count). The van der Waals surface area contributed by atoms with Gasteiger partial charge >= 0.3 is 0 Å². The molecule has 0 fully saturated rings. The average molecular weight is 256 g/mol. The molecule has 0 saturated heterocycles. The van der Waals surface area contributed by atoms with E-state index >= 15 is 0 Å². The van der Waals surface area contributed by atoms with Crippen LogP contribution in [0.3, 0.4) is 0 Å². The third-order valence-corrected chi connectivity index (χ3v) is 3.14. The van der Waals surface area contributed by atoms with E-state index < -0.39 is 5.60 Å². The van der Waals surface area contributed by atoms with Crippen molar-refractivity contribution in [2.45, 2.75) is 40.2 Å². The fourth-order valence-corrected chi connectivity index (χ4v) is 2.38. The molecule has 19 heavy (non-hydrogen) atoms. The molecule has 0 amide bonds. The Labute approximate surface area is 114 Å². The summed E-state index contributed by atoms with van der Waals surface area (Å²) in [6, 6.07) is 6.18. The van der Waals surface area contributed by atoms with Crippen LogP contribution < -0.4 is 0 Å². The summed E-state index contributed by atoms with van der Waals surface area (Å²) in [7, 11) is 0. The summed E-state index contributed by atoms with van der Waals surface area (Å²) in [4.78, 5) is 8.66. The van der Waals surface area contributed by atoms with Crippen molar-refractivity contribution in [2.75, 3.05) is 0 Å². The molecule has 0 bridgehead atoms. The summed E-state index contributed by atoms with van der Waals surface area (Å²) < 4.78 is 0. The summed E-state index contributed by atoms with van der Waals surface area (Å²) in [5.74, 6) is 0.448. The van der Waals surface area contributed by atoms with E-state index in [4.69, 9.17) is 0 Å². The van der Waals surface area contributed by atoms with E-state index in [1.165, 1.54) is 16.7 Å². The van der Waals surface area contributed by atoms with Crippen LogP contribution in [0.5, 0.6) is 0 Å². The van der Waals surface area contributed by atoms with Crippen LogP contribution >= 0.6 is 0 Å². The smallest absolute Gasteiger partial charge is 0.159 e. The van der Waals surface area contributed by atoms with Gasteiger partial charge in [0.1, 0.15) is 5.60 Å². The quantitative estimate of drug-likeness (QED) is 0.896. The minimum atomic E-state index is -1.03. The van der Waals surface area contributed by atoms with Gasteiger partial charge in [-0.05, 0) is 51.8 Å². The SMILES string of the molecule is Cc1cc(C)c(-c2ccnc(C(C)(C)O)n2)c(C)c1. The minimum Gasteiger partial charge on any atom is -0.382 e. The lowest BCUT2D eigenvalue weighted by Gasteiger charge is -2.17. The van der Waals surface area contributed by atoms with Gasteiger partial charge in [-0.15, -0.1) is 0 Å². The molecular formula is C16H20N2O. The Morgan fingerprint density at radius 2 is 1.63 bits per heavy atom. The van der Waals surface area contributed by atoms with Gasteiger partial charge in [-0.1, -0.05) is 17.7 Å². The molecule has 3 nitrogen and oxygen atoms in total. The summed E-state index contributed by atoms with van der Waals surface area (Å²) in [5, 5.41) is 10.0. The Morgan fingerprint density at radius 1 is 1.05 bits per heavy atom. The molecule has 100 valence electrons. The van der Waals surface area contributed by atoms with Gasteiger partial charge in [-0.25, -0.2) is 9.97 Å². The summed E-state index contributed by atoms with van der Waals surface area (Å²) in [6.45, 7) is 9.65. The van der Waals surface area contributed by atoms with Crippen molar-refractivity contribution in [3.8, 4) is 11.3 Å². The molecular weight excluding hydrogens is 236 g/mol. The third kappa shape index (κ3) is 2.82. The van der Waals surface area contributed by atoms with E-state index in [0.29, 0.717) is 5.82 Å². The van der Waals surface area contributed by atoms with E-state index in [-0.39, 0.29) is 0 Å². The Kier molecular flexibility index (Phi) is 3.42. The first-order chi connectivity index (χ1) is 8.79. The van der Waals surface area contributed by atoms with E-state index in [1.54, 1.807) is 20.0 Å². The van der Waals surface area contributed by atoms with E-state index in [0.717, 1.165) is 11.3 Å². The highest BCUT2D eigenvalue weighted by atomic mass is 16.3. The number of aliphatic hydroxyl groups is 1. The molecule has 2 aromatic rings. The first-order valence-electron chi connectivity index (χ1n) is 6.43. The Bertz CT molecular complexity index is 589. The van der Waals surface area contributed by atoms with Gasteiger partial charge in [0, 0.05) is 11.8 Å². The summed E-state index contributed by atoms with van der Waals surface area (Å²) in [6.07, 6.45) is 1.70. The van der Waals surface area contributed by atoms with Crippen molar-refractivity contribution in [1.82, 2.24) is 9.97 Å². The van der Waals surface area contributed by atoms with E-state index in [9.17, 15) is 5.11 Å². The van der Waals surface area contributed by atoms with Crippen molar-refractivity contribution in [3.63, 3.8) is 0 Å². The lowest BCUT2D eigenvalue weighted by Crippen LogP contribution is -2.19. The number of aryl methyl sites for hydroxylation is 3. The summed E-state index contributed by atoms with van der Waals surface area (Å²) in [5.41, 5.74) is 4.59. The van der Waals surface area contributed by atoms with Crippen LogP contribution in [0.1, 0.15) is 36.4 Å². The molecule has 0 saturated carbocycles. The van der Waals surface area contributed by atoms with Crippen LogP contribution in [-0.2, 0) is 5.60 Å². The van der Waals surface area contributed by atoms with Gasteiger partial charge in [0.2, 0.25) is 0 Å². The standard InChI is InChI=1S/C16H20N2O/c1-10-8-11(2)14(12(3)9-10)13-6-7-17-15(18-13)16(4,5)19/h6-9,19H,1-5H3. The number of rotatable bonds is 2. The maximum atomic E-state index is 10.0. The number of nitrogens with zero attached hydrogens (tertiary/aromatic N) is 2. The van der Waals surface area contributed by atoms with E-state index in [2.05, 4.69) is 42.9 Å². The first kappa shape index (κ1) is 13.7. The number of hydrogen-bond acceptors (Lipinski definition) is 3. The van der Waals surface area contributed by atoms with Gasteiger partial charge in [0.05, 0.1) is 5.69 Å². The molecule has 1 aromatic heterocycles. The lowest BCUT2D eigenvalue weighted by atomic mass is 9.97. The highest BCUT2D eigenvalue weighted by Gasteiger charge is 2.20. The predicted octanol–water partition coefficient (Wildman–Crippen LogP) is 3.30. The zero-order valence-corrected chi connectivity index (χ0v) is 12.2. The zero-order valence-electron chi connectivity index (χ0n) is 12.2. The second-order valence-electron chi connectivity index (χ2n) is 5.60. The van der Waals surface area contributed by atoms with Crippen molar-refractivity contribution >= 4 is 0 Å². The number of benzene rings is 1. The summed E-state index contributed by atoms with van der Waals surface area (Å²) >= 11 is 0. The normalized spacial score (nSPS) is 11.7. The maximum Gasteiger partial charge on any atom is 0.159 e.